The van der Waals surface area contributed by atoms with Crippen molar-refractivity contribution >= 4 is 91.5 Å². The molecule has 0 unspecified atom stereocenters. The summed E-state index contributed by atoms with van der Waals surface area (Å²) in [6, 6.07) is 9.95. The van der Waals surface area contributed by atoms with Gasteiger partial charge in [0.15, 0.2) is 0 Å². The Morgan fingerprint density at radius 2 is 0.576 bits per heavy atom. The van der Waals surface area contributed by atoms with Crippen LogP contribution in [0.4, 0.5) is 0 Å². The van der Waals surface area contributed by atoms with Gasteiger partial charge in [-0.2, -0.15) is 33.7 Å². The van der Waals surface area contributed by atoms with Crippen molar-refractivity contribution < 1.29 is 87.3 Å². The fraction of sp³-hybridized carbons (Fsp3) is 0. The van der Waals surface area contributed by atoms with Crippen LogP contribution in [0.25, 0.3) is 21.5 Å². The zero-order valence-corrected chi connectivity index (χ0v) is 34.2. The first-order valence-electron chi connectivity index (χ1n) is 15.3. The maximum absolute atomic E-state index is 13.9. The smallest absolute Gasteiger partial charge is 0.295 e. The van der Waals surface area contributed by atoms with Crippen molar-refractivity contribution in [3.63, 3.8) is 0 Å². The first kappa shape index (κ1) is 43.5. The fourth-order valence-corrected chi connectivity index (χ4v) is 12.8. The lowest BCUT2D eigenvalue weighted by Gasteiger charge is -2.14. The first-order chi connectivity index (χ1) is 26.8. The Kier molecular flexibility index (Phi) is 10.3. The molecule has 0 atom stereocenters. The Bertz CT molecular complexity index is 3420. The highest BCUT2D eigenvalue weighted by Gasteiger charge is 2.32. The minimum Gasteiger partial charge on any atom is -0.507 e. The average Bonchev–Trinajstić information content (AvgIpc) is 3.11. The largest absolute Gasteiger partial charge is 0.507 e. The van der Waals surface area contributed by atoms with Gasteiger partial charge in [0.2, 0.25) is 29.5 Å². The summed E-state index contributed by atoms with van der Waals surface area (Å²) >= 11 is 0. The number of hydrogen-bond donors (Lipinski definition) is 6. The molecule has 6 rings (SSSR count). The van der Waals surface area contributed by atoms with E-state index in [-0.39, 0.29) is 0 Å². The molecule has 0 bridgehead atoms. The topological polar surface area (TPSA) is 360 Å². The second kappa shape index (κ2) is 14.0. The minimum atomic E-state index is -5.27. The molecule has 6 N–H and O–H groups in total. The summed E-state index contributed by atoms with van der Waals surface area (Å²) in [5.74, 6) is -2.25. The third-order valence-electron chi connectivity index (χ3n) is 8.55. The van der Waals surface area contributed by atoms with E-state index in [1.54, 1.807) is 0 Å². The molecule has 0 amide bonds. The highest BCUT2D eigenvalue weighted by atomic mass is 32.2. The molecule has 0 spiro atoms. The van der Waals surface area contributed by atoms with Crippen molar-refractivity contribution in [2.75, 3.05) is 0 Å². The van der Waals surface area contributed by atoms with Crippen LogP contribution in [0, 0.1) is 0 Å². The molecule has 0 aliphatic heterocycles. The molecule has 0 aliphatic carbocycles. The molecule has 6 aromatic rings. The third kappa shape index (κ3) is 8.01. The van der Waals surface area contributed by atoms with Gasteiger partial charge in [-0.3, -0.25) is 18.2 Å². The van der Waals surface area contributed by atoms with Crippen LogP contribution in [-0.2, 0) is 70.0 Å². The summed E-state index contributed by atoms with van der Waals surface area (Å²) in [7, 11) is -36.0. The molecule has 0 saturated heterocycles. The van der Waals surface area contributed by atoms with E-state index in [1.807, 2.05) is 0 Å². The van der Waals surface area contributed by atoms with Crippen LogP contribution in [-0.4, -0.2) is 87.3 Å². The Hall–Kier alpha value is -5.07. The summed E-state index contributed by atoms with van der Waals surface area (Å²) < 4.78 is 218. The predicted molar refractivity (Wildman–Crippen MR) is 200 cm³/mol. The molecule has 0 aliphatic rings. The molecular weight excluding hydrogens is 929 g/mol. The van der Waals surface area contributed by atoms with Crippen molar-refractivity contribution in [3.05, 3.63) is 97.1 Å². The molecule has 0 saturated carbocycles. The molecule has 0 fully saturated rings. The molecule has 59 heavy (non-hydrogen) atoms. The Labute approximate surface area is 334 Å². The van der Waals surface area contributed by atoms with Gasteiger partial charge in [0, 0.05) is 10.8 Å². The lowest BCUT2D eigenvalue weighted by molar-refractivity contribution is 0.457. The minimum absolute atomic E-state index is 0.376. The van der Waals surface area contributed by atoms with Crippen LogP contribution < -0.4 is 0 Å². The number of phenols is 2. The number of sulfone groups is 3. The monoisotopic (exact) mass is 950 g/mol. The van der Waals surface area contributed by atoms with E-state index in [9.17, 15) is 87.3 Å². The van der Waals surface area contributed by atoms with E-state index >= 15 is 0 Å². The van der Waals surface area contributed by atoms with Gasteiger partial charge in [0.05, 0.1) is 29.4 Å². The number of fused-ring (bicyclic) bond motifs is 2. The van der Waals surface area contributed by atoms with Gasteiger partial charge in [-0.15, -0.1) is 0 Å². The van der Waals surface area contributed by atoms with Gasteiger partial charge >= 0.3 is 0 Å². The van der Waals surface area contributed by atoms with Crippen LogP contribution >= 0.6 is 0 Å². The zero-order chi connectivity index (χ0) is 44.1. The molecule has 0 heterocycles. The van der Waals surface area contributed by atoms with Crippen molar-refractivity contribution in [1.29, 1.82) is 0 Å². The molecule has 0 radical (unpaired) electrons. The van der Waals surface area contributed by atoms with E-state index in [0.717, 1.165) is 24.3 Å². The van der Waals surface area contributed by atoms with Gasteiger partial charge in [-0.05, 0) is 95.7 Å². The van der Waals surface area contributed by atoms with Gasteiger partial charge in [-0.25, -0.2) is 25.3 Å². The molecule has 6 aromatic carbocycles. The quantitative estimate of drug-likeness (QED) is 0.107. The van der Waals surface area contributed by atoms with E-state index in [2.05, 4.69) is 0 Å². The Morgan fingerprint density at radius 1 is 0.288 bits per heavy atom. The lowest BCUT2D eigenvalue weighted by Crippen LogP contribution is -2.10. The summed E-state index contributed by atoms with van der Waals surface area (Å²) in [5.41, 5.74) is 0. The van der Waals surface area contributed by atoms with Crippen LogP contribution in [0.15, 0.2) is 146 Å². The molecule has 27 heteroatoms. The van der Waals surface area contributed by atoms with Crippen LogP contribution in [0.2, 0.25) is 0 Å². The van der Waals surface area contributed by atoms with Crippen LogP contribution in [0.3, 0.4) is 0 Å². The zero-order valence-electron chi connectivity index (χ0n) is 28.5. The standard InChI is InChI=1S/C32H22O20S7/c33-27-7-3-19(13-31(27)54(37,38)23-11-17-9-21(56(41,42)43)1-5-25(17)29(15-23)58(47,48)49)53(35,36)20-4-8-28(34)32(14-20)55(39,40)24-12-18-10-22(57(44,45)46)2-6-26(18)30(16-24)59(50,51)52/h1-16,33-34H,(H,41,42,43)(H,44,45,46)(H,47,48,49)(H,50,51,52). The SMILES string of the molecule is O=S(=O)(O)c1ccc2c(S(=O)(=O)O)cc(S(=O)(=O)c3cc(S(=O)(=O)c4ccc(O)c(S(=O)(=O)c5cc(S(=O)(=O)O)c6ccc(S(=O)(=O)O)cc6c5)c4)ccc3O)cc2c1. The lowest BCUT2D eigenvalue weighted by atomic mass is 10.1. The normalized spacial score (nSPS) is 13.5. The van der Waals surface area contributed by atoms with Crippen molar-refractivity contribution in [2.24, 2.45) is 0 Å². The number of aromatic hydroxyl groups is 2. The Morgan fingerprint density at radius 3 is 0.881 bits per heavy atom. The van der Waals surface area contributed by atoms with Crippen molar-refractivity contribution in [2.45, 2.75) is 49.0 Å². The summed E-state index contributed by atoms with van der Waals surface area (Å²) in [6.45, 7) is 0. The van der Waals surface area contributed by atoms with Crippen LogP contribution in [0.1, 0.15) is 0 Å². The Balaban J connectivity index is 1.51. The van der Waals surface area contributed by atoms with Crippen LogP contribution in [0.5, 0.6) is 11.5 Å². The summed E-state index contributed by atoms with van der Waals surface area (Å²) in [4.78, 5) is -10.3. The maximum Gasteiger partial charge on any atom is 0.295 e. The van der Waals surface area contributed by atoms with E-state index in [0.29, 0.717) is 72.8 Å². The second-order valence-electron chi connectivity index (χ2n) is 12.3. The van der Waals surface area contributed by atoms with E-state index < -0.39 is 152 Å². The van der Waals surface area contributed by atoms with Gasteiger partial charge in [0.25, 0.3) is 40.5 Å². The fourth-order valence-electron chi connectivity index (χ4n) is 5.77. The highest BCUT2D eigenvalue weighted by molar-refractivity contribution is 7.93. The average molecular weight is 951 g/mol. The van der Waals surface area contributed by atoms with E-state index in [1.165, 1.54) is 0 Å². The first-order valence-corrected chi connectivity index (χ1v) is 25.5. The molecule has 20 nitrogen and oxygen atoms in total. The maximum atomic E-state index is 13.9. The van der Waals surface area contributed by atoms with Gasteiger partial charge in [-0.1, -0.05) is 12.1 Å². The van der Waals surface area contributed by atoms with Gasteiger partial charge < -0.3 is 10.2 Å². The number of hydrogen-bond acceptors (Lipinski definition) is 16. The number of phenolic OH excluding ortho intramolecular Hbond substituents is 2. The molecular formula is C32H22O20S7. The summed E-state index contributed by atoms with van der Waals surface area (Å²) in [6.07, 6.45) is 0. The highest BCUT2D eigenvalue weighted by Crippen LogP contribution is 2.39. The van der Waals surface area contributed by atoms with Crippen molar-refractivity contribution in [1.82, 2.24) is 0 Å². The number of benzene rings is 6. The number of rotatable bonds is 10. The summed E-state index contributed by atoms with van der Waals surface area (Å²) in [5, 5.41) is 19.4. The molecule has 312 valence electrons. The third-order valence-corrected chi connectivity index (χ3v) is 17.3. The van der Waals surface area contributed by atoms with E-state index in [4.69, 9.17) is 0 Å². The second-order valence-corrected chi connectivity index (χ2v) is 23.7. The van der Waals surface area contributed by atoms with Crippen molar-refractivity contribution in [3.8, 4) is 11.5 Å². The molecule has 0 aromatic heterocycles. The predicted octanol–water partition coefficient (Wildman–Crippen LogP) is 2.89. The van der Waals surface area contributed by atoms with Gasteiger partial charge in [0.1, 0.15) is 31.1 Å².